The fourth-order valence-electron chi connectivity index (χ4n) is 2.48. The Hall–Kier alpha value is -3.82. The van der Waals surface area contributed by atoms with Gasteiger partial charge in [0.1, 0.15) is 6.29 Å². The Morgan fingerprint density at radius 1 is 1.21 bits per heavy atom. The summed E-state index contributed by atoms with van der Waals surface area (Å²) in [6.07, 6.45) is 3.41. The summed E-state index contributed by atoms with van der Waals surface area (Å²) in [6.45, 7) is 0.793. The van der Waals surface area contributed by atoms with E-state index in [0.717, 1.165) is 12.0 Å². The first kappa shape index (κ1) is 19.0. The molecule has 144 valence electrons. The molecule has 10 nitrogen and oxygen atoms in total. The molecular formula is C18H19N7O3. The van der Waals surface area contributed by atoms with Crippen LogP contribution < -0.4 is 21.9 Å². The number of hydrogen-bond acceptors (Lipinski definition) is 8. The molecule has 3 aromatic rings. The van der Waals surface area contributed by atoms with E-state index < -0.39 is 5.56 Å². The second-order valence-electron chi connectivity index (χ2n) is 5.98. The third kappa shape index (κ3) is 4.67. The quantitative estimate of drug-likeness (QED) is 0.327. The number of fused-ring (bicyclic) bond motifs is 1. The van der Waals surface area contributed by atoms with E-state index in [1.807, 2.05) is 0 Å². The Kier molecular flexibility index (Phi) is 5.90. The number of aromatic nitrogens is 4. The summed E-state index contributed by atoms with van der Waals surface area (Å²) in [5, 5.41) is 5.91. The number of hydrogen-bond donors (Lipinski definition) is 4. The van der Waals surface area contributed by atoms with Crippen LogP contribution >= 0.6 is 0 Å². The van der Waals surface area contributed by atoms with Crippen molar-refractivity contribution in [2.45, 2.75) is 19.4 Å². The molecular weight excluding hydrogens is 362 g/mol. The average Bonchev–Trinajstić information content (AvgIpc) is 2.70. The first-order valence-electron chi connectivity index (χ1n) is 8.64. The van der Waals surface area contributed by atoms with Crippen molar-refractivity contribution in [3.8, 4) is 0 Å². The van der Waals surface area contributed by atoms with E-state index in [9.17, 15) is 14.4 Å². The maximum atomic E-state index is 12.0. The molecule has 28 heavy (non-hydrogen) atoms. The van der Waals surface area contributed by atoms with Crippen molar-refractivity contribution in [2.75, 3.05) is 17.6 Å². The zero-order chi connectivity index (χ0) is 19.9. The number of nitrogens with two attached hydrogens (primary N) is 1. The maximum absolute atomic E-state index is 12.0. The van der Waals surface area contributed by atoms with Gasteiger partial charge in [-0.05, 0) is 30.7 Å². The maximum Gasteiger partial charge on any atom is 0.302 e. The minimum absolute atomic E-state index is 0.00876. The predicted molar refractivity (Wildman–Crippen MR) is 104 cm³/mol. The Bertz CT molecular complexity index is 1050. The molecule has 1 amide bonds. The van der Waals surface area contributed by atoms with Gasteiger partial charge in [0.25, 0.3) is 5.91 Å². The first-order chi connectivity index (χ1) is 13.6. The zero-order valence-electron chi connectivity index (χ0n) is 14.9. The molecule has 0 aliphatic heterocycles. The van der Waals surface area contributed by atoms with Crippen molar-refractivity contribution in [3.63, 3.8) is 0 Å². The summed E-state index contributed by atoms with van der Waals surface area (Å²) in [4.78, 5) is 48.8. The molecule has 0 saturated heterocycles. The molecule has 0 aliphatic rings. The second kappa shape index (κ2) is 8.71. The molecule has 1 aromatic carbocycles. The number of benzene rings is 1. The molecule has 0 unspecified atom stereocenters. The number of H-pyrrole nitrogens is 1. The number of carbonyl (C=O) groups is 2. The van der Waals surface area contributed by atoms with Gasteiger partial charge in [-0.25, -0.2) is 9.97 Å². The lowest BCUT2D eigenvalue weighted by molar-refractivity contribution is -0.107. The van der Waals surface area contributed by atoms with Gasteiger partial charge < -0.3 is 26.1 Å². The Morgan fingerprint density at radius 2 is 2.00 bits per heavy atom. The highest BCUT2D eigenvalue weighted by Crippen LogP contribution is 2.11. The van der Waals surface area contributed by atoms with Gasteiger partial charge >= 0.3 is 5.56 Å². The Labute approximate surface area is 159 Å². The van der Waals surface area contributed by atoms with Gasteiger partial charge in [0.15, 0.2) is 11.2 Å². The fourth-order valence-corrected chi connectivity index (χ4v) is 2.48. The molecule has 2 heterocycles. The van der Waals surface area contributed by atoms with Crippen LogP contribution in [-0.2, 0) is 11.3 Å². The number of amides is 1. The number of nitrogens with zero attached hydrogens (tertiary/aromatic N) is 3. The largest absolute Gasteiger partial charge is 0.379 e. The van der Waals surface area contributed by atoms with Gasteiger partial charge in [-0.15, -0.1) is 0 Å². The molecule has 5 N–H and O–H groups in total. The molecule has 0 bridgehead atoms. The van der Waals surface area contributed by atoms with Crippen molar-refractivity contribution in [1.29, 1.82) is 0 Å². The van der Waals surface area contributed by atoms with Crippen LogP contribution in [0.1, 0.15) is 28.9 Å². The Balaban J connectivity index is 1.60. The smallest absolute Gasteiger partial charge is 0.302 e. The molecule has 0 radical (unpaired) electrons. The molecule has 10 heteroatoms. The number of unbranched alkanes of at least 4 members (excludes halogenated alkanes) is 1. The third-order valence-corrected chi connectivity index (χ3v) is 3.90. The summed E-state index contributed by atoms with van der Waals surface area (Å²) in [6, 6.07) is 6.93. The normalized spacial score (nSPS) is 10.6. The van der Waals surface area contributed by atoms with Crippen LogP contribution in [0, 0.1) is 0 Å². The monoisotopic (exact) mass is 381 g/mol. The van der Waals surface area contributed by atoms with Crippen molar-refractivity contribution in [1.82, 2.24) is 25.3 Å². The van der Waals surface area contributed by atoms with Gasteiger partial charge in [0.2, 0.25) is 5.95 Å². The molecule has 0 spiro atoms. The molecule has 0 atom stereocenters. The van der Waals surface area contributed by atoms with Crippen LogP contribution in [0.25, 0.3) is 11.2 Å². The van der Waals surface area contributed by atoms with Crippen molar-refractivity contribution in [3.05, 3.63) is 52.1 Å². The standard InChI is InChI=1S/C18H19N7O3/c19-18-24-15-14(17(28)25-18)23-13(10-22-15)9-21-12-5-3-11(4-6-12)16(27)20-7-1-2-8-26/h3-6,8,10,21H,1-2,7,9H2,(H,20,27)(H3,19,22,24,25,28). The van der Waals surface area contributed by atoms with Crippen molar-refractivity contribution >= 4 is 35.0 Å². The van der Waals surface area contributed by atoms with Crippen LogP contribution in [0.3, 0.4) is 0 Å². The molecule has 3 rings (SSSR count). The number of nitrogens with one attached hydrogen (secondary N) is 3. The summed E-state index contributed by atoms with van der Waals surface area (Å²) in [5.41, 5.74) is 7.21. The number of anilines is 2. The van der Waals surface area contributed by atoms with E-state index in [1.54, 1.807) is 24.3 Å². The summed E-state index contributed by atoms with van der Waals surface area (Å²) in [5.74, 6) is -0.200. The number of aldehydes is 1. The number of aromatic amines is 1. The van der Waals surface area contributed by atoms with Crippen LogP contribution in [0.4, 0.5) is 11.6 Å². The summed E-state index contributed by atoms with van der Waals surface area (Å²) >= 11 is 0. The van der Waals surface area contributed by atoms with Crippen LogP contribution in [0.2, 0.25) is 0 Å². The van der Waals surface area contributed by atoms with Gasteiger partial charge in [0, 0.05) is 24.2 Å². The Morgan fingerprint density at radius 3 is 2.75 bits per heavy atom. The highest BCUT2D eigenvalue weighted by Gasteiger charge is 2.07. The van der Waals surface area contributed by atoms with Gasteiger partial charge in [-0.3, -0.25) is 9.59 Å². The highest BCUT2D eigenvalue weighted by atomic mass is 16.1. The number of carbonyl (C=O) groups excluding carboxylic acids is 2. The molecule has 2 aromatic heterocycles. The van der Waals surface area contributed by atoms with E-state index in [-0.39, 0.29) is 23.0 Å². The van der Waals surface area contributed by atoms with E-state index in [2.05, 4.69) is 30.6 Å². The predicted octanol–water partition coefficient (Wildman–Crippen LogP) is 0.616. The van der Waals surface area contributed by atoms with Crippen molar-refractivity contribution < 1.29 is 9.59 Å². The van der Waals surface area contributed by atoms with Gasteiger partial charge in [-0.2, -0.15) is 4.98 Å². The third-order valence-electron chi connectivity index (χ3n) is 3.90. The van der Waals surface area contributed by atoms with Crippen LogP contribution in [0.5, 0.6) is 0 Å². The van der Waals surface area contributed by atoms with E-state index in [4.69, 9.17) is 5.73 Å². The fraction of sp³-hybridized carbons (Fsp3) is 0.222. The average molecular weight is 381 g/mol. The van der Waals surface area contributed by atoms with Crippen molar-refractivity contribution in [2.24, 2.45) is 0 Å². The SMILES string of the molecule is Nc1nc(=O)c2nc(CNc3ccc(C(=O)NCCCC=O)cc3)cnc2[nH]1. The summed E-state index contributed by atoms with van der Waals surface area (Å²) in [7, 11) is 0. The van der Waals surface area contributed by atoms with Gasteiger partial charge in [-0.1, -0.05) is 0 Å². The van der Waals surface area contributed by atoms with Crippen LogP contribution in [-0.4, -0.2) is 38.7 Å². The van der Waals surface area contributed by atoms with E-state index >= 15 is 0 Å². The lowest BCUT2D eigenvalue weighted by Crippen LogP contribution is -2.24. The van der Waals surface area contributed by atoms with E-state index in [1.165, 1.54) is 6.20 Å². The lowest BCUT2D eigenvalue weighted by atomic mass is 10.2. The topological polar surface area (TPSA) is 156 Å². The highest BCUT2D eigenvalue weighted by molar-refractivity contribution is 5.94. The lowest BCUT2D eigenvalue weighted by Gasteiger charge is -2.08. The first-order valence-corrected chi connectivity index (χ1v) is 8.64. The minimum Gasteiger partial charge on any atom is -0.379 e. The van der Waals surface area contributed by atoms with Crippen LogP contribution in [0.15, 0.2) is 35.3 Å². The minimum atomic E-state index is -0.538. The molecule has 0 fully saturated rings. The van der Waals surface area contributed by atoms with E-state index in [0.29, 0.717) is 37.2 Å². The zero-order valence-corrected chi connectivity index (χ0v) is 14.9. The number of nitrogen functional groups attached to an aromatic ring is 1. The van der Waals surface area contributed by atoms with Gasteiger partial charge in [0.05, 0.1) is 18.4 Å². The second-order valence-corrected chi connectivity index (χ2v) is 5.98. The summed E-state index contributed by atoms with van der Waals surface area (Å²) < 4.78 is 0. The molecule has 0 aliphatic carbocycles. The number of rotatable bonds is 8. The molecule has 0 saturated carbocycles.